The van der Waals surface area contributed by atoms with Crippen molar-refractivity contribution in [1.29, 1.82) is 0 Å². The molecular formula is C19H14ClN7O7. The van der Waals surface area contributed by atoms with E-state index in [1.807, 2.05) is 0 Å². The van der Waals surface area contributed by atoms with Crippen molar-refractivity contribution in [1.82, 2.24) is 15.4 Å². The van der Waals surface area contributed by atoms with Crippen molar-refractivity contribution in [3.63, 3.8) is 0 Å². The SMILES string of the molecule is O=C(NNc1ncnc(Nc2ccc3c(c2)OCCO3)c1[N+](=O)[O-])c1ccc(Cl)c([N+](=O)[O-])c1. The molecule has 0 atom stereocenters. The molecule has 15 heteroatoms. The number of nitrogens with zero attached hydrogens (tertiary/aromatic N) is 4. The minimum atomic E-state index is -0.811. The summed E-state index contributed by atoms with van der Waals surface area (Å²) in [7, 11) is 0. The highest BCUT2D eigenvalue weighted by Gasteiger charge is 2.25. The molecule has 3 N–H and O–H groups in total. The van der Waals surface area contributed by atoms with Crippen LogP contribution in [0, 0.1) is 20.2 Å². The second kappa shape index (κ2) is 9.41. The molecule has 0 saturated carbocycles. The standard InChI is InChI=1S/C19H14ClN7O7/c20-12-3-1-10(7-13(12)26(29)30)19(28)25-24-18-16(27(31)32)17(21-9-22-18)23-11-2-4-14-15(8-11)34-6-5-33-14/h1-4,7-9H,5-6H2,(H,25,28)(H2,21,22,23,24). The predicted octanol–water partition coefficient (Wildman–Crippen LogP) is 3.22. The minimum Gasteiger partial charge on any atom is -0.486 e. The van der Waals surface area contributed by atoms with Crippen LogP contribution in [0.5, 0.6) is 11.5 Å². The van der Waals surface area contributed by atoms with Gasteiger partial charge in [-0.15, -0.1) is 0 Å². The average molecular weight is 488 g/mol. The molecule has 1 aliphatic heterocycles. The van der Waals surface area contributed by atoms with Crippen LogP contribution in [0.25, 0.3) is 0 Å². The lowest BCUT2D eigenvalue weighted by Crippen LogP contribution is -2.30. The third kappa shape index (κ3) is 4.71. The second-order valence-corrected chi connectivity index (χ2v) is 7.07. The van der Waals surface area contributed by atoms with Crippen molar-refractivity contribution in [2.75, 3.05) is 24.0 Å². The summed E-state index contributed by atoms with van der Waals surface area (Å²) in [4.78, 5) is 41.4. The second-order valence-electron chi connectivity index (χ2n) is 6.66. The van der Waals surface area contributed by atoms with Gasteiger partial charge in [-0.2, -0.15) is 0 Å². The predicted molar refractivity (Wildman–Crippen MR) is 119 cm³/mol. The first-order valence-electron chi connectivity index (χ1n) is 9.50. The lowest BCUT2D eigenvalue weighted by atomic mass is 10.2. The van der Waals surface area contributed by atoms with Gasteiger partial charge in [-0.05, 0) is 24.3 Å². The summed E-state index contributed by atoms with van der Waals surface area (Å²) in [5.74, 6) is -0.279. The van der Waals surface area contributed by atoms with Crippen LogP contribution < -0.4 is 25.6 Å². The fourth-order valence-corrected chi connectivity index (χ4v) is 3.16. The van der Waals surface area contributed by atoms with Gasteiger partial charge in [0.05, 0.1) is 9.85 Å². The number of hydrogen-bond donors (Lipinski definition) is 3. The Hall–Kier alpha value is -4.72. The summed E-state index contributed by atoms with van der Waals surface area (Å²) in [6, 6.07) is 8.30. The molecule has 0 spiro atoms. The third-order valence-electron chi connectivity index (χ3n) is 4.51. The molecule has 1 aromatic heterocycles. The van der Waals surface area contributed by atoms with Crippen molar-refractivity contribution in [2.45, 2.75) is 0 Å². The van der Waals surface area contributed by atoms with Gasteiger partial charge in [-0.25, -0.2) is 9.97 Å². The number of amides is 1. The molecule has 14 nitrogen and oxygen atoms in total. The molecule has 4 rings (SSSR count). The van der Waals surface area contributed by atoms with E-state index in [0.29, 0.717) is 30.4 Å². The van der Waals surface area contributed by atoms with E-state index in [1.54, 1.807) is 18.2 Å². The fraction of sp³-hybridized carbons (Fsp3) is 0.105. The van der Waals surface area contributed by atoms with Crippen LogP contribution in [-0.4, -0.2) is 38.9 Å². The molecule has 0 radical (unpaired) electrons. The normalized spacial score (nSPS) is 11.9. The van der Waals surface area contributed by atoms with E-state index >= 15 is 0 Å². The Morgan fingerprint density at radius 2 is 1.71 bits per heavy atom. The molecule has 0 unspecified atom stereocenters. The number of ether oxygens (including phenoxy) is 2. The van der Waals surface area contributed by atoms with E-state index in [0.717, 1.165) is 12.4 Å². The van der Waals surface area contributed by atoms with E-state index in [1.165, 1.54) is 12.1 Å². The quantitative estimate of drug-likeness (QED) is 0.328. The number of aromatic nitrogens is 2. The van der Waals surface area contributed by atoms with Gasteiger partial charge in [-0.1, -0.05) is 11.6 Å². The molecule has 0 aliphatic carbocycles. The maximum atomic E-state index is 12.4. The summed E-state index contributed by atoms with van der Waals surface area (Å²) in [6.07, 6.45) is 1.05. The van der Waals surface area contributed by atoms with Crippen molar-refractivity contribution in [3.05, 3.63) is 73.5 Å². The highest BCUT2D eigenvalue weighted by molar-refractivity contribution is 6.32. The van der Waals surface area contributed by atoms with Crippen LogP contribution >= 0.6 is 11.6 Å². The zero-order chi connectivity index (χ0) is 24.2. The van der Waals surface area contributed by atoms with Crippen LogP contribution in [0.4, 0.5) is 28.7 Å². The molecule has 0 saturated heterocycles. The first kappa shape index (κ1) is 22.5. The number of nitro benzene ring substituents is 1. The first-order valence-corrected chi connectivity index (χ1v) is 9.87. The highest BCUT2D eigenvalue weighted by Crippen LogP contribution is 2.36. The molecule has 1 amide bonds. The molecule has 2 aromatic carbocycles. The lowest BCUT2D eigenvalue weighted by Gasteiger charge is -2.19. The number of hydrazine groups is 1. The van der Waals surface area contributed by atoms with Gasteiger partial charge in [0.25, 0.3) is 11.6 Å². The molecule has 0 fully saturated rings. The van der Waals surface area contributed by atoms with Gasteiger partial charge in [0.1, 0.15) is 24.6 Å². The van der Waals surface area contributed by atoms with Gasteiger partial charge in [0.2, 0.25) is 11.6 Å². The molecule has 34 heavy (non-hydrogen) atoms. The molecule has 1 aliphatic rings. The number of fused-ring (bicyclic) bond motifs is 1. The number of anilines is 3. The van der Waals surface area contributed by atoms with E-state index in [9.17, 15) is 25.0 Å². The number of benzene rings is 2. The summed E-state index contributed by atoms with van der Waals surface area (Å²) in [5, 5.41) is 25.4. The van der Waals surface area contributed by atoms with E-state index in [4.69, 9.17) is 21.1 Å². The maximum Gasteiger partial charge on any atom is 0.355 e. The third-order valence-corrected chi connectivity index (χ3v) is 4.83. The van der Waals surface area contributed by atoms with Gasteiger partial charge in [-0.3, -0.25) is 35.9 Å². The topological polar surface area (TPSA) is 184 Å². The summed E-state index contributed by atoms with van der Waals surface area (Å²) in [6.45, 7) is 0.788. The van der Waals surface area contributed by atoms with Crippen molar-refractivity contribution >= 4 is 46.2 Å². The van der Waals surface area contributed by atoms with Crippen LogP contribution in [0.3, 0.4) is 0 Å². The van der Waals surface area contributed by atoms with Gasteiger partial charge >= 0.3 is 5.69 Å². The monoisotopic (exact) mass is 487 g/mol. The Labute approximate surface area is 195 Å². The summed E-state index contributed by atoms with van der Waals surface area (Å²) < 4.78 is 10.9. The average Bonchev–Trinajstić information content (AvgIpc) is 2.82. The largest absolute Gasteiger partial charge is 0.486 e. The number of carbonyl (C=O) groups is 1. The number of carbonyl (C=O) groups excluding carboxylic acids is 1. The molecule has 174 valence electrons. The van der Waals surface area contributed by atoms with Crippen molar-refractivity contribution < 1.29 is 24.1 Å². The summed E-state index contributed by atoms with van der Waals surface area (Å²) >= 11 is 5.74. The van der Waals surface area contributed by atoms with E-state index < -0.39 is 27.1 Å². The first-order chi connectivity index (χ1) is 16.3. The molecule has 0 bridgehead atoms. The van der Waals surface area contributed by atoms with Crippen LogP contribution in [0.2, 0.25) is 5.02 Å². The van der Waals surface area contributed by atoms with Crippen LogP contribution in [0.15, 0.2) is 42.7 Å². The van der Waals surface area contributed by atoms with Gasteiger partial charge in [0, 0.05) is 23.4 Å². The molecule has 2 heterocycles. The number of hydrogen-bond acceptors (Lipinski definition) is 11. The Balaban J connectivity index is 1.55. The zero-order valence-electron chi connectivity index (χ0n) is 17.0. The number of nitrogens with one attached hydrogen (secondary N) is 3. The number of nitro groups is 2. The van der Waals surface area contributed by atoms with E-state index in [-0.39, 0.29) is 22.2 Å². The fourth-order valence-electron chi connectivity index (χ4n) is 2.97. The maximum absolute atomic E-state index is 12.4. The Morgan fingerprint density at radius 3 is 2.44 bits per heavy atom. The Morgan fingerprint density at radius 1 is 0.971 bits per heavy atom. The van der Waals surface area contributed by atoms with Gasteiger partial charge in [0.15, 0.2) is 11.5 Å². The summed E-state index contributed by atoms with van der Waals surface area (Å²) in [5.41, 5.74) is 3.88. The smallest absolute Gasteiger partial charge is 0.355 e. The Kier molecular flexibility index (Phi) is 6.22. The minimum absolute atomic E-state index is 0.102. The highest BCUT2D eigenvalue weighted by atomic mass is 35.5. The number of halogens is 1. The molecular weight excluding hydrogens is 474 g/mol. The van der Waals surface area contributed by atoms with E-state index in [2.05, 4.69) is 26.1 Å². The number of rotatable bonds is 7. The zero-order valence-corrected chi connectivity index (χ0v) is 17.7. The molecule has 3 aromatic rings. The van der Waals surface area contributed by atoms with Crippen LogP contribution in [0.1, 0.15) is 10.4 Å². The van der Waals surface area contributed by atoms with Gasteiger partial charge < -0.3 is 14.8 Å². The lowest BCUT2D eigenvalue weighted by molar-refractivity contribution is -0.384. The van der Waals surface area contributed by atoms with Crippen molar-refractivity contribution in [2.24, 2.45) is 0 Å². The Bertz CT molecular complexity index is 1300. The van der Waals surface area contributed by atoms with Crippen LogP contribution in [-0.2, 0) is 0 Å². The van der Waals surface area contributed by atoms with Crippen molar-refractivity contribution in [3.8, 4) is 11.5 Å².